The van der Waals surface area contributed by atoms with Gasteiger partial charge in [0.05, 0.1) is 16.8 Å². The van der Waals surface area contributed by atoms with Crippen LogP contribution in [0.25, 0.3) is 0 Å². The summed E-state index contributed by atoms with van der Waals surface area (Å²) in [6.45, 7) is 0.382. The first-order chi connectivity index (χ1) is 8.45. The van der Waals surface area contributed by atoms with Gasteiger partial charge in [-0.3, -0.25) is 4.79 Å². The Balaban J connectivity index is 2.76. The summed E-state index contributed by atoms with van der Waals surface area (Å²) in [5, 5.41) is 2.66. The second-order valence-electron chi connectivity index (χ2n) is 3.62. The quantitative estimate of drug-likeness (QED) is 0.866. The van der Waals surface area contributed by atoms with Gasteiger partial charge in [-0.25, -0.2) is 4.39 Å². The van der Waals surface area contributed by atoms with E-state index in [1.807, 2.05) is 0 Å². The summed E-state index contributed by atoms with van der Waals surface area (Å²) in [5.74, 6) is -0.894. The maximum Gasteiger partial charge on any atom is 0.241 e. The molecule has 0 aliphatic carbocycles. The molecule has 100 valence electrons. The highest BCUT2D eigenvalue weighted by molar-refractivity contribution is 9.10. The van der Waals surface area contributed by atoms with Crippen LogP contribution >= 0.6 is 27.5 Å². The number of nitrogens with one attached hydrogen (secondary N) is 1. The minimum absolute atomic E-state index is 0.106. The SMILES string of the molecule is COCCC(N)C(=O)Nc1c(Cl)cc(F)cc1Br. The molecule has 0 radical (unpaired) electrons. The van der Waals surface area contributed by atoms with Crippen molar-refractivity contribution in [3.05, 3.63) is 27.4 Å². The first-order valence-corrected chi connectivity index (χ1v) is 6.32. The molecule has 1 rings (SSSR count). The van der Waals surface area contributed by atoms with Gasteiger partial charge in [0.25, 0.3) is 0 Å². The lowest BCUT2D eigenvalue weighted by atomic mass is 10.2. The molecule has 0 aliphatic heterocycles. The first-order valence-electron chi connectivity index (χ1n) is 5.15. The zero-order valence-electron chi connectivity index (χ0n) is 9.67. The van der Waals surface area contributed by atoms with Crippen LogP contribution in [0.15, 0.2) is 16.6 Å². The third-order valence-corrected chi connectivity index (χ3v) is 3.15. The molecule has 1 aromatic carbocycles. The molecular weight excluding hydrogens is 326 g/mol. The molecule has 1 amide bonds. The van der Waals surface area contributed by atoms with Gasteiger partial charge in [0.15, 0.2) is 0 Å². The molecule has 18 heavy (non-hydrogen) atoms. The standard InChI is InChI=1S/C11H13BrClFN2O2/c1-18-3-2-9(15)11(17)16-10-7(12)4-6(14)5-8(10)13/h4-5,9H,2-3,15H2,1H3,(H,16,17). The zero-order chi connectivity index (χ0) is 13.7. The monoisotopic (exact) mass is 338 g/mol. The van der Waals surface area contributed by atoms with Gasteiger partial charge in [0, 0.05) is 18.2 Å². The van der Waals surface area contributed by atoms with E-state index in [2.05, 4.69) is 21.2 Å². The second kappa shape index (κ2) is 7.04. The molecule has 0 bridgehead atoms. The summed E-state index contributed by atoms with van der Waals surface area (Å²) >= 11 is 8.96. The topological polar surface area (TPSA) is 64.3 Å². The van der Waals surface area contributed by atoms with Gasteiger partial charge in [-0.15, -0.1) is 0 Å². The van der Waals surface area contributed by atoms with E-state index in [0.29, 0.717) is 23.2 Å². The number of carbonyl (C=O) groups is 1. The molecule has 7 heteroatoms. The van der Waals surface area contributed by atoms with Gasteiger partial charge in [0.1, 0.15) is 5.82 Å². The highest BCUT2D eigenvalue weighted by atomic mass is 79.9. The predicted octanol–water partition coefficient (Wildman–Crippen LogP) is 2.54. The van der Waals surface area contributed by atoms with Crippen LogP contribution in [-0.2, 0) is 9.53 Å². The summed E-state index contributed by atoms with van der Waals surface area (Å²) < 4.78 is 18.2. The molecule has 0 saturated carbocycles. The maximum atomic E-state index is 13.0. The van der Waals surface area contributed by atoms with Crippen LogP contribution in [0.5, 0.6) is 0 Å². The number of benzene rings is 1. The van der Waals surface area contributed by atoms with E-state index in [0.717, 1.165) is 6.07 Å². The number of hydrogen-bond donors (Lipinski definition) is 2. The molecule has 4 nitrogen and oxygen atoms in total. The lowest BCUT2D eigenvalue weighted by Gasteiger charge is -2.14. The molecule has 1 unspecified atom stereocenters. The number of nitrogens with two attached hydrogens (primary N) is 1. The van der Waals surface area contributed by atoms with Gasteiger partial charge in [-0.1, -0.05) is 11.6 Å². The van der Waals surface area contributed by atoms with E-state index in [9.17, 15) is 9.18 Å². The fourth-order valence-corrected chi connectivity index (χ4v) is 2.15. The number of halogens is 3. The molecule has 1 aromatic rings. The lowest BCUT2D eigenvalue weighted by molar-refractivity contribution is -0.117. The molecule has 0 heterocycles. The van der Waals surface area contributed by atoms with Crippen LogP contribution in [0.3, 0.4) is 0 Å². The predicted molar refractivity (Wildman–Crippen MR) is 72.2 cm³/mol. The molecular formula is C11H13BrClFN2O2. The van der Waals surface area contributed by atoms with E-state index in [1.165, 1.54) is 13.2 Å². The van der Waals surface area contributed by atoms with E-state index < -0.39 is 17.8 Å². The summed E-state index contributed by atoms with van der Waals surface area (Å²) in [4.78, 5) is 11.7. The normalized spacial score (nSPS) is 12.3. The van der Waals surface area contributed by atoms with E-state index >= 15 is 0 Å². The van der Waals surface area contributed by atoms with E-state index in [1.54, 1.807) is 0 Å². The van der Waals surface area contributed by atoms with Crippen molar-refractivity contribution >= 4 is 39.1 Å². The summed E-state index contributed by atoms with van der Waals surface area (Å²) in [6.07, 6.45) is 0.388. The number of amides is 1. The number of methoxy groups -OCH3 is 1. The third kappa shape index (κ3) is 4.20. The fraction of sp³-hybridized carbons (Fsp3) is 0.364. The Morgan fingerprint density at radius 2 is 2.33 bits per heavy atom. The van der Waals surface area contributed by atoms with Crippen molar-refractivity contribution in [1.82, 2.24) is 0 Å². The van der Waals surface area contributed by atoms with Gasteiger partial charge >= 0.3 is 0 Å². The number of rotatable bonds is 5. The first kappa shape index (κ1) is 15.4. The van der Waals surface area contributed by atoms with Gasteiger partial charge < -0.3 is 15.8 Å². The Kier molecular flexibility index (Phi) is 6.01. The zero-order valence-corrected chi connectivity index (χ0v) is 12.0. The van der Waals surface area contributed by atoms with Crippen LogP contribution < -0.4 is 11.1 Å². The minimum atomic E-state index is -0.710. The molecule has 0 fully saturated rings. The van der Waals surface area contributed by atoms with Crippen molar-refractivity contribution in [2.24, 2.45) is 5.73 Å². The highest BCUT2D eigenvalue weighted by Gasteiger charge is 2.16. The van der Waals surface area contributed by atoms with Gasteiger partial charge in [-0.2, -0.15) is 0 Å². The van der Waals surface area contributed by atoms with Crippen molar-refractivity contribution in [2.45, 2.75) is 12.5 Å². The number of anilines is 1. The largest absolute Gasteiger partial charge is 0.385 e. The van der Waals surface area contributed by atoms with Crippen LogP contribution in [0.2, 0.25) is 5.02 Å². The van der Waals surface area contributed by atoms with Crippen LogP contribution in [0, 0.1) is 5.82 Å². The Hall–Kier alpha value is -0.690. The fourth-order valence-electron chi connectivity index (χ4n) is 1.25. The number of ether oxygens (including phenoxy) is 1. The smallest absolute Gasteiger partial charge is 0.241 e. The summed E-state index contributed by atoms with van der Waals surface area (Å²) in [5.41, 5.74) is 5.96. The Morgan fingerprint density at radius 1 is 1.67 bits per heavy atom. The minimum Gasteiger partial charge on any atom is -0.385 e. The number of carbonyl (C=O) groups excluding carboxylic acids is 1. The van der Waals surface area contributed by atoms with Crippen molar-refractivity contribution in [2.75, 3.05) is 19.0 Å². The average molecular weight is 340 g/mol. The van der Waals surface area contributed by atoms with Gasteiger partial charge in [-0.05, 0) is 34.5 Å². The Bertz CT molecular complexity index is 422. The third-order valence-electron chi connectivity index (χ3n) is 2.22. The van der Waals surface area contributed by atoms with Crippen molar-refractivity contribution in [3.8, 4) is 0 Å². The van der Waals surface area contributed by atoms with Crippen molar-refractivity contribution in [1.29, 1.82) is 0 Å². The van der Waals surface area contributed by atoms with Gasteiger partial charge in [0.2, 0.25) is 5.91 Å². The van der Waals surface area contributed by atoms with Crippen molar-refractivity contribution < 1.29 is 13.9 Å². The Morgan fingerprint density at radius 3 is 2.89 bits per heavy atom. The highest BCUT2D eigenvalue weighted by Crippen LogP contribution is 2.31. The molecule has 3 N–H and O–H groups in total. The molecule has 0 spiro atoms. The molecule has 0 saturated heterocycles. The number of hydrogen-bond acceptors (Lipinski definition) is 3. The van der Waals surface area contributed by atoms with Crippen LogP contribution in [-0.4, -0.2) is 25.7 Å². The molecule has 0 aliphatic rings. The summed E-state index contributed by atoms with van der Waals surface area (Å²) in [6, 6.07) is 1.61. The van der Waals surface area contributed by atoms with E-state index in [-0.39, 0.29) is 5.02 Å². The van der Waals surface area contributed by atoms with Crippen LogP contribution in [0.1, 0.15) is 6.42 Å². The lowest BCUT2D eigenvalue weighted by Crippen LogP contribution is -2.36. The summed E-state index contributed by atoms with van der Waals surface area (Å²) in [7, 11) is 1.53. The average Bonchev–Trinajstić information content (AvgIpc) is 2.30. The molecule has 0 aromatic heterocycles. The van der Waals surface area contributed by atoms with Crippen LogP contribution in [0.4, 0.5) is 10.1 Å². The van der Waals surface area contributed by atoms with Crippen molar-refractivity contribution in [3.63, 3.8) is 0 Å². The molecule has 1 atom stereocenters. The van der Waals surface area contributed by atoms with E-state index in [4.69, 9.17) is 22.1 Å². The maximum absolute atomic E-state index is 13.0. The Labute approximate surface area is 118 Å². The second-order valence-corrected chi connectivity index (χ2v) is 4.88.